The molecule has 1 aromatic carbocycles. The van der Waals surface area contributed by atoms with Crippen molar-refractivity contribution >= 4 is 5.69 Å². The standard InChI is InChI=1S/C12H16F3NO/c1-2-17-9-5-8-16-11-7-4-3-6-10(11)12(13,14)15/h3-4,6-7,16H,2,5,8-9H2,1H3. The summed E-state index contributed by atoms with van der Waals surface area (Å²) in [7, 11) is 0. The topological polar surface area (TPSA) is 21.3 Å². The van der Waals surface area contributed by atoms with Gasteiger partial charge in [0.05, 0.1) is 5.56 Å². The Morgan fingerprint density at radius 2 is 1.94 bits per heavy atom. The minimum atomic E-state index is -4.32. The van der Waals surface area contributed by atoms with E-state index >= 15 is 0 Å². The number of benzene rings is 1. The van der Waals surface area contributed by atoms with Gasteiger partial charge >= 0.3 is 6.18 Å². The Morgan fingerprint density at radius 3 is 2.59 bits per heavy atom. The second-order valence-corrected chi connectivity index (χ2v) is 3.52. The lowest BCUT2D eigenvalue weighted by Crippen LogP contribution is -2.12. The largest absolute Gasteiger partial charge is 0.418 e. The first-order chi connectivity index (χ1) is 8.05. The summed E-state index contributed by atoms with van der Waals surface area (Å²) in [5.41, 5.74) is -0.507. The highest BCUT2D eigenvalue weighted by Gasteiger charge is 2.32. The van der Waals surface area contributed by atoms with Crippen molar-refractivity contribution in [2.45, 2.75) is 19.5 Å². The van der Waals surface area contributed by atoms with Crippen molar-refractivity contribution < 1.29 is 17.9 Å². The molecule has 2 nitrogen and oxygen atoms in total. The molecule has 0 aliphatic heterocycles. The van der Waals surface area contributed by atoms with E-state index in [1.165, 1.54) is 12.1 Å². The van der Waals surface area contributed by atoms with Gasteiger partial charge in [0, 0.05) is 25.4 Å². The number of alkyl halides is 3. The molecular weight excluding hydrogens is 231 g/mol. The van der Waals surface area contributed by atoms with Gasteiger partial charge in [0.25, 0.3) is 0 Å². The average Bonchev–Trinajstić information content (AvgIpc) is 2.28. The summed E-state index contributed by atoms with van der Waals surface area (Å²) >= 11 is 0. The highest BCUT2D eigenvalue weighted by Crippen LogP contribution is 2.34. The van der Waals surface area contributed by atoms with Crippen LogP contribution in [0.2, 0.25) is 0 Å². The maximum atomic E-state index is 12.6. The van der Waals surface area contributed by atoms with Crippen molar-refractivity contribution in [2.24, 2.45) is 0 Å². The fourth-order valence-electron chi connectivity index (χ4n) is 1.43. The Balaban J connectivity index is 2.53. The third-order valence-corrected chi connectivity index (χ3v) is 2.22. The van der Waals surface area contributed by atoms with E-state index in [9.17, 15) is 13.2 Å². The van der Waals surface area contributed by atoms with Gasteiger partial charge < -0.3 is 10.1 Å². The number of ether oxygens (including phenoxy) is 1. The van der Waals surface area contributed by atoms with Crippen LogP contribution in [-0.2, 0) is 10.9 Å². The lowest BCUT2D eigenvalue weighted by atomic mass is 10.1. The molecule has 0 aromatic heterocycles. The predicted molar refractivity (Wildman–Crippen MR) is 61.0 cm³/mol. The molecule has 0 amide bonds. The molecule has 0 saturated heterocycles. The number of rotatable bonds is 6. The highest BCUT2D eigenvalue weighted by molar-refractivity contribution is 5.52. The van der Waals surface area contributed by atoms with Crippen LogP contribution in [0.15, 0.2) is 24.3 Å². The van der Waals surface area contributed by atoms with Crippen LogP contribution in [0.25, 0.3) is 0 Å². The zero-order chi connectivity index (χ0) is 12.7. The molecule has 1 aromatic rings. The van der Waals surface area contributed by atoms with Crippen molar-refractivity contribution in [3.8, 4) is 0 Å². The highest BCUT2D eigenvalue weighted by atomic mass is 19.4. The number of halogens is 3. The van der Waals surface area contributed by atoms with Crippen molar-refractivity contribution in [2.75, 3.05) is 25.1 Å². The number of hydrogen-bond acceptors (Lipinski definition) is 2. The molecule has 0 bridgehead atoms. The number of nitrogens with one attached hydrogen (secondary N) is 1. The molecular formula is C12H16F3NO. The van der Waals surface area contributed by atoms with Crippen LogP contribution in [-0.4, -0.2) is 19.8 Å². The fraction of sp³-hybridized carbons (Fsp3) is 0.500. The van der Waals surface area contributed by atoms with Crippen LogP contribution >= 0.6 is 0 Å². The van der Waals surface area contributed by atoms with E-state index in [-0.39, 0.29) is 5.69 Å². The van der Waals surface area contributed by atoms with Gasteiger partial charge in [-0.15, -0.1) is 0 Å². The minimum absolute atomic E-state index is 0.122. The average molecular weight is 247 g/mol. The molecule has 0 aliphatic carbocycles. The van der Waals surface area contributed by atoms with Crippen LogP contribution < -0.4 is 5.32 Å². The summed E-state index contributed by atoms with van der Waals surface area (Å²) in [6, 6.07) is 5.47. The summed E-state index contributed by atoms with van der Waals surface area (Å²) < 4.78 is 42.9. The maximum Gasteiger partial charge on any atom is 0.418 e. The monoisotopic (exact) mass is 247 g/mol. The van der Waals surface area contributed by atoms with E-state index in [0.29, 0.717) is 26.2 Å². The Morgan fingerprint density at radius 1 is 1.24 bits per heavy atom. The Bertz CT molecular complexity index is 339. The smallest absolute Gasteiger partial charge is 0.384 e. The second kappa shape index (κ2) is 6.49. The molecule has 0 heterocycles. The normalized spacial score (nSPS) is 11.5. The molecule has 0 atom stereocenters. The van der Waals surface area contributed by atoms with Crippen LogP contribution in [0.1, 0.15) is 18.9 Å². The molecule has 0 unspecified atom stereocenters. The first-order valence-electron chi connectivity index (χ1n) is 5.53. The molecule has 1 N–H and O–H groups in total. The third-order valence-electron chi connectivity index (χ3n) is 2.22. The molecule has 17 heavy (non-hydrogen) atoms. The van der Waals surface area contributed by atoms with E-state index in [2.05, 4.69) is 5.32 Å². The predicted octanol–water partition coefficient (Wildman–Crippen LogP) is 3.54. The van der Waals surface area contributed by atoms with E-state index < -0.39 is 11.7 Å². The van der Waals surface area contributed by atoms with Gasteiger partial charge in [0.15, 0.2) is 0 Å². The van der Waals surface area contributed by atoms with Crippen molar-refractivity contribution in [1.82, 2.24) is 0 Å². The molecule has 1 rings (SSSR count). The molecule has 5 heteroatoms. The van der Waals surface area contributed by atoms with Crippen LogP contribution in [0.3, 0.4) is 0 Å². The van der Waals surface area contributed by atoms with Gasteiger partial charge in [-0.25, -0.2) is 0 Å². The minimum Gasteiger partial charge on any atom is -0.384 e. The quantitative estimate of drug-likeness (QED) is 0.776. The summed E-state index contributed by atoms with van der Waals surface area (Å²) in [5.74, 6) is 0. The Hall–Kier alpha value is -1.23. The van der Waals surface area contributed by atoms with Gasteiger partial charge in [-0.2, -0.15) is 13.2 Å². The summed E-state index contributed by atoms with van der Waals surface area (Å²) in [4.78, 5) is 0. The molecule has 0 spiro atoms. The van der Waals surface area contributed by atoms with Crippen molar-refractivity contribution in [1.29, 1.82) is 0 Å². The van der Waals surface area contributed by atoms with Crippen LogP contribution in [0.5, 0.6) is 0 Å². The van der Waals surface area contributed by atoms with Gasteiger partial charge in [-0.05, 0) is 25.5 Å². The van der Waals surface area contributed by atoms with Crippen molar-refractivity contribution in [3.05, 3.63) is 29.8 Å². The van der Waals surface area contributed by atoms with E-state index in [0.717, 1.165) is 6.07 Å². The van der Waals surface area contributed by atoms with Gasteiger partial charge in [0.1, 0.15) is 0 Å². The Kier molecular flexibility index (Phi) is 5.28. The zero-order valence-electron chi connectivity index (χ0n) is 9.68. The summed E-state index contributed by atoms with van der Waals surface area (Å²) in [6.07, 6.45) is -3.64. The van der Waals surface area contributed by atoms with Gasteiger partial charge in [-0.3, -0.25) is 0 Å². The molecule has 0 saturated carbocycles. The van der Waals surface area contributed by atoms with Crippen molar-refractivity contribution in [3.63, 3.8) is 0 Å². The lowest BCUT2D eigenvalue weighted by Gasteiger charge is -2.14. The van der Waals surface area contributed by atoms with E-state index in [4.69, 9.17) is 4.74 Å². The second-order valence-electron chi connectivity index (χ2n) is 3.52. The number of para-hydroxylation sites is 1. The molecule has 0 radical (unpaired) electrons. The number of anilines is 1. The fourth-order valence-corrected chi connectivity index (χ4v) is 1.43. The van der Waals surface area contributed by atoms with Gasteiger partial charge in [0.2, 0.25) is 0 Å². The van der Waals surface area contributed by atoms with E-state index in [1.54, 1.807) is 6.07 Å². The van der Waals surface area contributed by atoms with E-state index in [1.807, 2.05) is 6.92 Å². The Labute approximate surface area is 98.8 Å². The van der Waals surface area contributed by atoms with Crippen LogP contribution in [0, 0.1) is 0 Å². The third kappa shape index (κ3) is 4.65. The van der Waals surface area contributed by atoms with Crippen LogP contribution in [0.4, 0.5) is 18.9 Å². The molecule has 0 fully saturated rings. The lowest BCUT2D eigenvalue weighted by molar-refractivity contribution is -0.136. The number of hydrogen-bond donors (Lipinski definition) is 1. The first kappa shape index (κ1) is 13.8. The maximum absolute atomic E-state index is 12.6. The van der Waals surface area contributed by atoms with Gasteiger partial charge in [-0.1, -0.05) is 12.1 Å². The first-order valence-corrected chi connectivity index (χ1v) is 5.53. The molecule has 96 valence electrons. The summed E-state index contributed by atoms with van der Waals surface area (Å²) in [5, 5.41) is 2.78. The SMILES string of the molecule is CCOCCCNc1ccccc1C(F)(F)F. The zero-order valence-corrected chi connectivity index (χ0v) is 9.68. The molecule has 0 aliphatic rings. The summed E-state index contributed by atoms with van der Waals surface area (Å²) in [6.45, 7) is 3.52.